The van der Waals surface area contributed by atoms with E-state index in [-0.39, 0.29) is 25.2 Å². The molecule has 30 heavy (non-hydrogen) atoms. The summed E-state index contributed by atoms with van der Waals surface area (Å²) in [6.45, 7) is 9.96. The van der Waals surface area contributed by atoms with Crippen molar-refractivity contribution in [2.24, 2.45) is 5.41 Å². The van der Waals surface area contributed by atoms with Gasteiger partial charge >= 0.3 is 11.9 Å². The zero-order valence-electron chi connectivity index (χ0n) is 20.3. The van der Waals surface area contributed by atoms with E-state index in [1.807, 2.05) is 6.92 Å². The van der Waals surface area contributed by atoms with E-state index in [0.717, 1.165) is 38.5 Å². The van der Waals surface area contributed by atoms with Crippen molar-refractivity contribution in [2.45, 2.75) is 118 Å². The Morgan fingerprint density at radius 1 is 0.600 bits per heavy atom. The van der Waals surface area contributed by atoms with Crippen LogP contribution in [0.25, 0.3) is 0 Å². The Morgan fingerprint density at radius 3 is 1.47 bits per heavy atom. The SMILES string of the molecule is CCCCCCCC(=O)OCC(C)(COCCCC)COC(=O)CCCCCCC. The number of ether oxygens (including phenoxy) is 3. The molecule has 0 spiro atoms. The van der Waals surface area contributed by atoms with Crippen LogP contribution in [0.4, 0.5) is 0 Å². The van der Waals surface area contributed by atoms with E-state index in [1.165, 1.54) is 38.5 Å². The second-order valence-corrected chi connectivity index (χ2v) is 8.87. The van der Waals surface area contributed by atoms with Gasteiger partial charge in [0.05, 0.1) is 12.0 Å². The fourth-order valence-electron chi connectivity index (χ4n) is 3.09. The molecule has 5 nitrogen and oxygen atoms in total. The molecule has 0 rings (SSSR count). The predicted molar refractivity (Wildman–Crippen MR) is 123 cm³/mol. The number of hydrogen-bond acceptors (Lipinski definition) is 5. The lowest BCUT2D eigenvalue weighted by Gasteiger charge is -2.28. The van der Waals surface area contributed by atoms with Crippen LogP contribution >= 0.6 is 0 Å². The lowest BCUT2D eigenvalue weighted by Crippen LogP contribution is -2.36. The van der Waals surface area contributed by atoms with Crippen molar-refractivity contribution < 1.29 is 23.8 Å². The van der Waals surface area contributed by atoms with Crippen molar-refractivity contribution in [3.63, 3.8) is 0 Å². The van der Waals surface area contributed by atoms with Gasteiger partial charge in [0.1, 0.15) is 13.2 Å². The van der Waals surface area contributed by atoms with Crippen molar-refractivity contribution in [1.29, 1.82) is 0 Å². The maximum Gasteiger partial charge on any atom is 0.305 e. The van der Waals surface area contributed by atoms with Crippen LogP contribution in [0.1, 0.15) is 118 Å². The third-order valence-corrected chi connectivity index (χ3v) is 5.22. The van der Waals surface area contributed by atoms with Gasteiger partial charge in [0.2, 0.25) is 0 Å². The van der Waals surface area contributed by atoms with Crippen molar-refractivity contribution in [3.8, 4) is 0 Å². The first kappa shape index (κ1) is 28.9. The molecule has 0 atom stereocenters. The summed E-state index contributed by atoms with van der Waals surface area (Å²) < 4.78 is 16.8. The van der Waals surface area contributed by atoms with Gasteiger partial charge in [0.25, 0.3) is 0 Å². The lowest BCUT2D eigenvalue weighted by atomic mass is 9.94. The highest BCUT2D eigenvalue weighted by Gasteiger charge is 2.29. The van der Waals surface area contributed by atoms with Crippen LogP contribution in [0.5, 0.6) is 0 Å². The predicted octanol–water partition coefficient (Wildman–Crippen LogP) is 6.62. The molecule has 0 aromatic heterocycles. The number of rotatable bonds is 21. The Labute approximate surface area is 185 Å². The van der Waals surface area contributed by atoms with Crippen molar-refractivity contribution in [3.05, 3.63) is 0 Å². The molecule has 5 heteroatoms. The van der Waals surface area contributed by atoms with Gasteiger partial charge in [-0.15, -0.1) is 0 Å². The molecule has 0 aliphatic heterocycles. The van der Waals surface area contributed by atoms with Crippen LogP contribution in [0.15, 0.2) is 0 Å². The van der Waals surface area contributed by atoms with Gasteiger partial charge < -0.3 is 14.2 Å². The number of hydrogen-bond donors (Lipinski definition) is 0. The normalized spacial score (nSPS) is 11.5. The quantitative estimate of drug-likeness (QED) is 0.152. The largest absolute Gasteiger partial charge is 0.465 e. The molecule has 178 valence electrons. The van der Waals surface area contributed by atoms with Gasteiger partial charge in [-0.2, -0.15) is 0 Å². The summed E-state index contributed by atoms with van der Waals surface area (Å²) in [6, 6.07) is 0. The molecule has 0 aromatic rings. The van der Waals surface area contributed by atoms with Gasteiger partial charge in [-0.3, -0.25) is 9.59 Å². The highest BCUT2D eigenvalue weighted by Crippen LogP contribution is 2.20. The van der Waals surface area contributed by atoms with E-state index < -0.39 is 5.41 Å². The number of esters is 2. The molecule has 0 unspecified atom stereocenters. The highest BCUT2D eigenvalue weighted by atomic mass is 16.6. The first-order valence-corrected chi connectivity index (χ1v) is 12.4. The molecular formula is C25H48O5. The molecule has 0 saturated heterocycles. The van der Waals surface area contributed by atoms with E-state index >= 15 is 0 Å². The molecule has 0 bridgehead atoms. The second-order valence-electron chi connectivity index (χ2n) is 8.87. The Morgan fingerprint density at radius 2 is 1.03 bits per heavy atom. The minimum atomic E-state index is -0.510. The lowest BCUT2D eigenvalue weighted by molar-refractivity contribution is -0.156. The summed E-state index contributed by atoms with van der Waals surface area (Å²) >= 11 is 0. The van der Waals surface area contributed by atoms with E-state index in [0.29, 0.717) is 26.1 Å². The van der Waals surface area contributed by atoms with Crippen LogP contribution < -0.4 is 0 Å². The molecule has 0 heterocycles. The molecule has 0 radical (unpaired) electrons. The molecule has 0 saturated carbocycles. The summed E-state index contributed by atoms with van der Waals surface area (Å²) in [5, 5.41) is 0. The molecule has 0 amide bonds. The fraction of sp³-hybridized carbons (Fsp3) is 0.920. The summed E-state index contributed by atoms with van der Waals surface area (Å²) in [6.07, 6.45) is 14.0. The molecule has 0 fully saturated rings. The van der Waals surface area contributed by atoms with E-state index in [9.17, 15) is 9.59 Å². The Kier molecular flexibility index (Phi) is 19.1. The maximum atomic E-state index is 12.1. The fourth-order valence-corrected chi connectivity index (χ4v) is 3.09. The second kappa shape index (κ2) is 19.8. The monoisotopic (exact) mass is 428 g/mol. The van der Waals surface area contributed by atoms with Crippen LogP contribution in [-0.2, 0) is 23.8 Å². The van der Waals surface area contributed by atoms with Crippen LogP contribution in [-0.4, -0.2) is 38.4 Å². The smallest absolute Gasteiger partial charge is 0.305 e. The highest BCUT2D eigenvalue weighted by molar-refractivity contribution is 5.69. The molecule has 0 aliphatic carbocycles. The van der Waals surface area contributed by atoms with Gasteiger partial charge in [0, 0.05) is 19.4 Å². The van der Waals surface area contributed by atoms with Crippen LogP contribution in [0.3, 0.4) is 0 Å². The number of unbranched alkanes of at least 4 members (excludes halogenated alkanes) is 9. The first-order valence-electron chi connectivity index (χ1n) is 12.4. The van der Waals surface area contributed by atoms with E-state index in [2.05, 4.69) is 20.8 Å². The molecule has 0 aliphatic rings. The third kappa shape index (κ3) is 17.7. The van der Waals surface area contributed by atoms with Crippen LogP contribution in [0, 0.1) is 5.41 Å². The standard InChI is InChI=1S/C25H48O5/c1-5-8-11-13-15-17-23(26)29-21-25(4,20-28-19-10-7-3)22-30-24(27)18-16-14-12-9-6-2/h5-22H2,1-4H3. The van der Waals surface area contributed by atoms with E-state index in [4.69, 9.17) is 14.2 Å². The zero-order chi connectivity index (χ0) is 22.5. The van der Waals surface area contributed by atoms with Gasteiger partial charge in [-0.1, -0.05) is 85.5 Å². The van der Waals surface area contributed by atoms with Crippen molar-refractivity contribution in [2.75, 3.05) is 26.4 Å². The third-order valence-electron chi connectivity index (χ3n) is 5.22. The summed E-state index contributed by atoms with van der Waals surface area (Å²) in [7, 11) is 0. The van der Waals surface area contributed by atoms with Gasteiger partial charge in [0.15, 0.2) is 0 Å². The first-order chi connectivity index (χ1) is 14.5. The Bertz CT molecular complexity index is 392. The minimum Gasteiger partial charge on any atom is -0.465 e. The molecule has 0 aromatic carbocycles. The van der Waals surface area contributed by atoms with Gasteiger partial charge in [-0.05, 0) is 19.3 Å². The van der Waals surface area contributed by atoms with Gasteiger partial charge in [-0.25, -0.2) is 0 Å². The Balaban J connectivity index is 4.33. The van der Waals surface area contributed by atoms with Crippen molar-refractivity contribution in [1.82, 2.24) is 0 Å². The van der Waals surface area contributed by atoms with E-state index in [1.54, 1.807) is 0 Å². The van der Waals surface area contributed by atoms with Crippen molar-refractivity contribution >= 4 is 11.9 Å². The zero-order valence-corrected chi connectivity index (χ0v) is 20.3. The summed E-state index contributed by atoms with van der Waals surface area (Å²) in [5.41, 5.74) is -0.510. The maximum absolute atomic E-state index is 12.1. The minimum absolute atomic E-state index is 0.173. The average molecular weight is 429 g/mol. The molecular weight excluding hydrogens is 380 g/mol. The molecule has 0 N–H and O–H groups in total. The number of carbonyl (C=O) groups is 2. The number of carbonyl (C=O) groups excluding carboxylic acids is 2. The topological polar surface area (TPSA) is 61.8 Å². The summed E-state index contributed by atoms with van der Waals surface area (Å²) in [4.78, 5) is 24.2. The average Bonchev–Trinajstić information content (AvgIpc) is 2.74. The Hall–Kier alpha value is -1.10. The summed E-state index contributed by atoms with van der Waals surface area (Å²) in [5.74, 6) is -0.345. The van der Waals surface area contributed by atoms with Crippen LogP contribution in [0.2, 0.25) is 0 Å².